The van der Waals surface area contributed by atoms with E-state index in [2.05, 4.69) is 9.47 Å². The van der Waals surface area contributed by atoms with Gasteiger partial charge in [-0.3, -0.25) is 18.2 Å². The molecule has 0 aliphatic rings. The lowest BCUT2D eigenvalue weighted by Gasteiger charge is -1.95. The van der Waals surface area contributed by atoms with E-state index < -0.39 is 19.8 Å². The second-order valence-electron chi connectivity index (χ2n) is 1.41. The molecule has 0 aliphatic carbocycles. The normalized spacial score (nSPS) is 7.33. The van der Waals surface area contributed by atoms with Crippen LogP contribution in [0.2, 0.25) is 0 Å². The molecule has 7 heteroatoms. The van der Waals surface area contributed by atoms with E-state index in [-0.39, 0.29) is 6.42 Å². The van der Waals surface area contributed by atoms with Gasteiger partial charge in [0, 0.05) is 0 Å². The van der Waals surface area contributed by atoms with Crippen LogP contribution >= 0.6 is 0 Å². The maximum atomic E-state index is 10.3. The number of esters is 2. The Balaban J connectivity index is 0. The van der Waals surface area contributed by atoms with Crippen LogP contribution in [0.3, 0.4) is 0 Å². The minimum Gasteiger partial charge on any atom is -0.469 e. The van der Waals surface area contributed by atoms with Crippen LogP contribution < -0.4 is 0 Å². The van der Waals surface area contributed by atoms with Gasteiger partial charge in [-0.05, 0) is 0 Å². The van der Waals surface area contributed by atoms with Crippen LogP contribution in [0.5, 0.6) is 0 Å². The van der Waals surface area contributed by atoms with E-state index in [0.717, 1.165) is 0 Å². The molecule has 0 amide bonds. The van der Waals surface area contributed by atoms with Gasteiger partial charge >= 0.3 is 19.8 Å². The molecule has 0 bridgehead atoms. The van der Waals surface area contributed by atoms with E-state index in [4.69, 9.17) is 0 Å². The number of rotatable bonds is 2. The highest BCUT2D eigenvalue weighted by molar-refractivity contribution is 6.15. The van der Waals surface area contributed by atoms with E-state index in [1.807, 2.05) is 0 Å². The van der Waals surface area contributed by atoms with Gasteiger partial charge in [0.25, 0.3) is 0 Å². The molecule has 0 saturated carbocycles. The Morgan fingerprint density at radius 2 is 1.42 bits per heavy atom. The van der Waals surface area contributed by atoms with Crippen molar-refractivity contribution in [2.75, 3.05) is 14.2 Å². The van der Waals surface area contributed by atoms with Crippen LogP contribution in [-0.2, 0) is 19.1 Å². The summed E-state index contributed by atoms with van der Waals surface area (Å²) in [6.45, 7) is 0. The lowest BCUT2D eigenvalue weighted by molar-refractivity contribution is -0.151. The zero-order chi connectivity index (χ0) is 9.98. The Bertz CT molecular complexity index is 127. The minimum absolute atomic E-state index is 0.312. The van der Waals surface area contributed by atoms with Crippen LogP contribution in [-0.4, -0.2) is 34.0 Å². The van der Waals surface area contributed by atoms with E-state index in [0.29, 0.717) is 0 Å². The molecule has 69 valence electrons. The number of carbonyl (C=O) groups is 2. The van der Waals surface area contributed by atoms with Crippen molar-refractivity contribution in [3.8, 4) is 0 Å². The quantitative estimate of drug-likeness (QED) is 0.346. The molecule has 0 saturated heterocycles. The molecule has 0 fully saturated rings. The Hall–Kier alpha value is -1.14. The zero-order valence-corrected chi connectivity index (χ0v) is 6.67. The average Bonchev–Trinajstić information content (AvgIpc) is 2.05. The summed E-state index contributed by atoms with van der Waals surface area (Å²) in [6.07, 6.45) is -0.312. The Kier molecular flexibility index (Phi) is 11.1. The predicted molar refractivity (Wildman–Crippen MR) is 36.6 cm³/mol. The van der Waals surface area contributed by atoms with Crippen molar-refractivity contribution in [1.29, 1.82) is 0 Å². The van der Waals surface area contributed by atoms with Gasteiger partial charge in [0.1, 0.15) is 6.42 Å². The summed E-state index contributed by atoms with van der Waals surface area (Å²) in [4.78, 5) is 20.5. The monoisotopic (exact) mass is 181 g/mol. The fourth-order valence-electron chi connectivity index (χ4n) is 0.262. The molecule has 0 aromatic heterocycles. The lowest BCUT2D eigenvalue weighted by Crippen LogP contribution is -2.09. The van der Waals surface area contributed by atoms with Crippen LogP contribution in [0.1, 0.15) is 6.42 Å². The first-order chi connectivity index (χ1) is 5.62. The second-order valence-corrected chi connectivity index (χ2v) is 1.41. The highest BCUT2D eigenvalue weighted by atomic mass is 19.2. The first-order valence-corrected chi connectivity index (χ1v) is 2.78. The number of hydrogen-bond donors (Lipinski definition) is 0. The van der Waals surface area contributed by atoms with Gasteiger partial charge in [-0.1, -0.05) is 0 Å². The Morgan fingerprint density at radius 3 is 1.58 bits per heavy atom. The van der Waals surface area contributed by atoms with Gasteiger partial charge in [0.15, 0.2) is 0 Å². The van der Waals surface area contributed by atoms with E-state index >= 15 is 0 Å². The van der Waals surface area contributed by atoms with Gasteiger partial charge in [0.05, 0.1) is 14.2 Å². The van der Waals surface area contributed by atoms with Crippen LogP contribution in [0.25, 0.3) is 0 Å². The molecular formula is C5H8BF2O4. The standard InChI is InChI=1S/C5H8O4.BF2/c1-8-4(6)3-5(7)9-2;2-1-3/h3H2,1-2H3;. The van der Waals surface area contributed by atoms with Gasteiger partial charge in [-0.25, -0.2) is 0 Å². The molecule has 0 heterocycles. The third-order valence-corrected chi connectivity index (χ3v) is 0.744. The molecule has 0 spiro atoms. The maximum absolute atomic E-state index is 10.3. The molecule has 0 aliphatic heterocycles. The number of ether oxygens (including phenoxy) is 2. The summed E-state index contributed by atoms with van der Waals surface area (Å²) in [5, 5.41) is 0. The summed E-state index contributed by atoms with van der Waals surface area (Å²) in [6, 6.07) is 0. The Morgan fingerprint density at radius 1 is 1.17 bits per heavy atom. The first kappa shape index (κ1) is 13.5. The number of carbonyl (C=O) groups excluding carboxylic acids is 2. The smallest absolute Gasteiger partial charge is 0.469 e. The summed E-state index contributed by atoms with van der Waals surface area (Å²) < 4.78 is 27.4. The van der Waals surface area contributed by atoms with E-state index in [1.165, 1.54) is 14.2 Å². The van der Waals surface area contributed by atoms with Crippen LogP contribution in [0.4, 0.5) is 8.63 Å². The van der Waals surface area contributed by atoms with Gasteiger partial charge in [0.2, 0.25) is 0 Å². The van der Waals surface area contributed by atoms with Crippen molar-refractivity contribution < 1.29 is 27.7 Å². The molecule has 0 aromatic rings. The first-order valence-electron chi connectivity index (χ1n) is 2.78. The summed E-state index contributed by atoms with van der Waals surface area (Å²) in [5.74, 6) is -1.16. The van der Waals surface area contributed by atoms with Crippen LogP contribution in [0.15, 0.2) is 0 Å². The van der Waals surface area contributed by atoms with Gasteiger partial charge in [-0.15, -0.1) is 0 Å². The number of methoxy groups -OCH3 is 2. The molecule has 4 nitrogen and oxygen atoms in total. The average molecular weight is 181 g/mol. The maximum Gasteiger partial charge on any atom is 0.577 e. The third kappa shape index (κ3) is 11.6. The van der Waals surface area contributed by atoms with Crippen molar-refractivity contribution in [1.82, 2.24) is 0 Å². The largest absolute Gasteiger partial charge is 0.577 e. The zero-order valence-electron chi connectivity index (χ0n) is 6.67. The molecule has 0 atom stereocenters. The summed E-state index contributed by atoms with van der Waals surface area (Å²) in [7, 11) is 1.43. The van der Waals surface area contributed by atoms with Crippen molar-refractivity contribution in [3.05, 3.63) is 0 Å². The molecule has 1 radical (unpaired) electrons. The third-order valence-electron chi connectivity index (χ3n) is 0.744. The molecule has 0 rings (SSSR count). The van der Waals surface area contributed by atoms with Crippen molar-refractivity contribution in [2.24, 2.45) is 0 Å². The molecule has 0 aromatic carbocycles. The summed E-state index contributed by atoms with van der Waals surface area (Å²) >= 11 is 0. The second kappa shape index (κ2) is 9.86. The SMILES string of the molecule is COC(=O)CC(=O)OC.F[B]F. The van der Waals surface area contributed by atoms with Gasteiger partial charge < -0.3 is 9.47 Å². The van der Waals surface area contributed by atoms with E-state index in [1.54, 1.807) is 0 Å². The van der Waals surface area contributed by atoms with Crippen molar-refractivity contribution in [2.45, 2.75) is 6.42 Å². The predicted octanol–water partition coefficient (Wildman–Crippen LogP) is 0.182. The summed E-state index contributed by atoms with van der Waals surface area (Å²) in [5.41, 5.74) is 0. The molecule has 0 N–H and O–H groups in total. The lowest BCUT2D eigenvalue weighted by atomic mass is 10.4. The Labute approximate surface area is 69.2 Å². The molecular weight excluding hydrogens is 173 g/mol. The fraction of sp³-hybridized carbons (Fsp3) is 0.600. The molecule has 0 unspecified atom stereocenters. The van der Waals surface area contributed by atoms with E-state index in [9.17, 15) is 18.2 Å². The van der Waals surface area contributed by atoms with Crippen LogP contribution in [0, 0.1) is 0 Å². The topological polar surface area (TPSA) is 52.6 Å². The number of halogens is 2. The van der Waals surface area contributed by atoms with Crippen molar-refractivity contribution in [3.63, 3.8) is 0 Å². The highest BCUT2D eigenvalue weighted by Crippen LogP contribution is 1.85. The number of hydrogen-bond acceptors (Lipinski definition) is 4. The fourth-order valence-corrected chi connectivity index (χ4v) is 0.262. The highest BCUT2D eigenvalue weighted by Gasteiger charge is 2.07. The molecule has 12 heavy (non-hydrogen) atoms. The van der Waals surface area contributed by atoms with Crippen molar-refractivity contribution >= 4 is 19.8 Å². The minimum atomic E-state index is -1.00. The van der Waals surface area contributed by atoms with Gasteiger partial charge in [-0.2, -0.15) is 0 Å².